The minimum atomic E-state index is 0.355. The van der Waals surface area contributed by atoms with Gasteiger partial charge in [-0.2, -0.15) is 0 Å². The Balaban J connectivity index is -0.000000153. The molecule has 1 heterocycles. The molecule has 0 unspecified atom stereocenters. The maximum Gasteiger partial charge on any atom is 0.0469 e. The largest absolute Gasteiger partial charge is 0.381 e. The molecule has 0 aromatic carbocycles. The predicted molar refractivity (Wildman–Crippen MR) is 149 cm³/mol. The van der Waals surface area contributed by atoms with E-state index in [0.29, 0.717) is 24.0 Å². The van der Waals surface area contributed by atoms with Crippen molar-refractivity contribution in [2.24, 2.45) is 46.8 Å². The third-order valence-corrected chi connectivity index (χ3v) is 4.02. The summed E-state index contributed by atoms with van der Waals surface area (Å²) in [6.45, 7) is 29.6. The van der Waals surface area contributed by atoms with Crippen LogP contribution in [0.5, 0.6) is 0 Å². The lowest BCUT2D eigenvalue weighted by Crippen LogP contribution is -2.31. The van der Waals surface area contributed by atoms with Gasteiger partial charge in [0.05, 0.1) is 0 Å². The lowest BCUT2D eigenvalue weighted by molar-refractivity contribution is 0.0603. The maximum absolute atomic E-state index is 5.71. The van der Waals surface area contributed by atoms with Crippen LogP contribution in [0.25, 0.3) is 0 Å². The van der Waals surface area contributed by atoms with Gasteiger partial charge in [-0.05, 0) is 82.5 Å². The first kappa shape index (κ1) is 39.1. The molecule has 1 aliphatic heterocycles. The smallest absolute Gasteiger partial charge is 0.0469 e. The molecule has 200 valence electrons. The Bertz CT molecular complexity index is 296. The van der Waals surface area contributed by atoms with Gasteiger partial charge in [-0.25, -0.2) is 0 Å². The van der Waals surface area contributed by atoms with Crippen LogP contribution in [0.3, 0.4) is 0 Å². The molecule has 0 spiro atoms. The van der Waals surface area contributed by atoms with Gasteiger partial charge >= 0.3 is 0 Å². The lowest BCUT2D eigenvalue weighted by atomic mass is 9.94. The molecule has 2 rings (SSSR count). The second-order valence-electron chi connectivity index (χ2n) is 11.6. The minimum absolute atomic E-state index is 0.355. The molecule has 3 atom stereocenters. The first-order chi connectivity index (χ1) is 14.6. The van der Waals surface area contributed by atoms with E-state index in [9.17, 15) is 0 Å². The van der Waals surface area contributed by atoms with E-state index in [1.807, 2.05) is 6.92 Å². The van der Waals surface area contributed by atoms with Crippen molar-refractivity contribution in [3.8, 4) is 0 Å². The second kappa shape index (κ2) is 27.1. The van der Waals surface area contributed by atoms with Gasteiger partial charge in [-0.15, -0.1) is 0 Å². The number of nitrogens with two attached hydrogens (primary N) is 3. The topological polar surface area (TPSA) is 87.3 Å². The quantitative estimate of drug-likeness (QED) is 0.413. The highest BCUT2D eigenvalue weighted by atomic mass is 16.5. The molecule has 0 aromatic rings. The molecule has 32 heavy (non-hydrogen) atoms. The van der Waals surface area contributed by atoms with Gasteiger partial charge in [0, 0.05) is 31.3 Å². The summed E-state index contributed by atoms with van der Waals surface area (Å²) >= 11 is 0. The third kappa shape index (κ3) is 57.1. The van der Waals surface area contributed by atoms with Crippen LogP contribution in [-0.2, 0) is 4.74 Å². The molecule has 4 nitrogen and oxygen atoms in total. The third-order valence-electron chi connectivity index (χ3n) is 4.02. The van der Waals surface area contributed by atoms with Crippen molar-refractivity contribution >= 4 is 0 Å². The highest BCUT2D eigenvalue weighted by Crippen LogP contribution is 2.30. The molecule has 0 aromatic heterocycles. The summed E-state index contributed by atoms with van der Waals surface area (Å²) < 4.78 is 5.19. The summed E-state index contributed by atoms with van der Waals surface area (Å²) in [6, 6.07) is 1.20. The highest BCUT2D eigenvalue weighted by Gasteiger charge is 2.24. The SMILES string of the molecule is CC(C)C.CC(C)C.CC(C)C.CC[C@@H](C)N.C[C@@H](N)C1CC1.C[C@@H](N)C1CCOCC1. The molecule has 1 aliphatic carbocycles. The maximum atomic E-state index is 5.71. The molecule has 4 heteroatoms. The Kier molecular flexibility index (Phi) is 33.1. The second-order valence-corrected chi connectivity index (χ2v) is 11.6. The van der Waals surface area contributed by atoms with Crippen LogP contribution in [0.4, 0.5) is 0 Å². The normalized spacial score (nSPS) is 18.1. The van der Waals surface area contributed by atoms with E-state index >= 15 is 0 Å². The van der Waals surface area contributed by atoms with Crippen molar-refractivity contribution in [2.75, 3.05) is 13.2 Å². The van der Waals surface area contributed by atoms with Crippen molar-refractivity contribution in [3.05, 3.63) is 0 Å². The van der Waals surface area contributed by atoms with Crippen LogP contribution in [0.1, 0.15) is 122 Å². The number of hydrogen-bond donors (Lipinski definition) is 3. The van der Waals surface area contributed by atoms with Crippen LogP contribution in [-0.4, -0.2) is 31.3 Å². The van der Waals surface area contributed by atoms with E-state index in [1.165, 1.54) is 12.8 Å². The first-order valence-electron chi connectivity index (χ1n) is 13.4. The summed E-state index contributed by atoms with van der Waals surface area (Å²) in [5.74, 6) is 4.09. The number of hydrogen-bond acceptors (Lipinski definition) is 4. The highest BCUT2D eigenvalue weighted by molar-refractivity contribution is 4.80. The van der Waals surface area contributed by atoms with Crippen molar-refractivity contribution in [1.82, 2.24) is 0 Å². The van der Waals surface area contributed by atoms with Gasteiger partial charge < -0.3 is 21.9 Å². The van der Waals surface area contributed by atoms with Crippen molar-refractivity contribution in [2.45, 2.75) is 140 Å². The van der Waals surface area contributed by atoms with Gasteiger partial charge in [0.15, 0.2) is 0 Å². The first-order valence-corrected chi connectivity index (χ1v) is 13.4. The predicted octanol–water partition coefficient (Wildman–Crippen LogP) is 7.23. The van der Waals surface area contributed by atoms with Gasteiger partial charge in [0.2, 0.25) is 0 Å². The monoisotopic (exact) mass is 462 g/mol. The van der Waals surface area contributed by atoms with Gasteiger partial charge in [0.25, 0.3) is 0 Å². The van der Waals surface area contributed by atoms with Gasteiger partial charge in [-0.3, -0.25) is 0 Å². The summed E-state index contributed by atoms with van der Waals surface area (Å²) in [4.78, 5) is 0. The van der Waals surface area contributed by atoms with E-state index in [2.05, 4.69) is 83.1 Å². The van der Waals surface area contributed by atoms with Crippen molar-refractivity contribution < 1.29 is 4.74 Å². The summed E-state index contributed by atoms with van der Waals surface area (Å²) in [5, 5.41) is 0. The van der Waals surface area contributed by atoms with E-state index in [4.69, 9.17) is 21.9 Å². The molecule has 2 aliphatic rings. The van der Waals surface area contributed by atoms with Crippen molar-refractivity contribution in [1.29, 1.82) is 0 Å². The summed E-state index contributed by atoms with van der Waals surface area (Å²) in [6.07, 6.45) is 6.13. The summed E-state index contributed by atoms with van der Waals surface area (Å²) in [7, 11) is 0. The average Bonchev–Trinajstić information content (AvgIpc) is 3.47. The molecule has 6 N–H and O–H groups in total. The van der Waals surface area contributed by atoms with Crippen LogP contribution < -0.4 is 17.2 Å². The van der Waals surface area contributed by atoms with Crippen molar-refractivity contribution in [3.63, 3.8) is 0 Å². The zero-order chi connectivity index (χ0) is 26.3. The Labute approximate surface area is 205 Å². The number of rotatable bonds is 3. The standard InChI is InChI=1S/C7H15NO.C5H11N.C4H11N.3C4H10/c1-6(8)7-2-4-9-5-3-7;1-4(6)5-2-3-5;1-3-4(2)5;3*1-4(2)3/h6-7H,2-5,8H2,1H3;4-5H,2-3,6H2,1H3;4H,3,5H2,1-2H3;3*4H,1-3H3/t6-;2*4-;;;/m111.../s1. The van der Waals surface area contributed by atoms with E-state index in [0.717, 1.165) is 56.1 Å². The van der Waals surface area contributed by atoms with Crippen LogP contribution in [0.15, 0.2) is 0 Å². The fraction of sp³-hybridized carbons (Fsp3) is 1.00. The fourth-order valence-electron chi connectivity index (χ4n) is 1.86. The van der Waals surface area contributed by atoms with Crippen LogP contribution >= 0.6 is 0 Å². The Morgan fingerprint density at radius 3 is 0.875 bits per heavy atom. The molecule has 1 saturated heterocycles. The Hall–Kier alpha value is -0.160. The molecular weight excluding hydrogens is 394 g/mol. The van der Waals surface area contributed by atoms with Gasteiger partial charge in [-0.1, -0.05) is 69.2 Å². The average molecular weight is 462 g/mol. The molecule has 0 bridgehead atoms. The zero-order valence-corrected chi connectivity index (χ0v) is 24.7. The minimum Gasteiger partial charge on any atom is -0.381 e. The Morgan fingerprint density at radius 1 is 0.562 bits per heavy atom. The van der Waals surface area contributed by atoms with Crippen LogP contribution in [0.2, 0.25) is 0 Å². The number of ether oxygens (including phenoxy) is 1. The fourth-order valence-corrected chi connectivity index (χ4v) is 1.86. The molecule has 0 radical (unpaired) electrons. The van der Waals surface area contributed by atoms with Gasteiger partial charge in [0.1, 0.15) is 0 Å². The van der Waals surface area contributed by atoms with E-state index in [-0.39, 0.29) is 0 Å². The molecular formula is C28H67N3O. The zero-order valence-electron chi connectivity index (χ0n) is 24.7. The molecule has 1 saturated carbocycles. The Morgan fingerprint density at radius 2 is 0.781 bits per heavy atom. The molecule has 2 fully saturated rings. The van der Waals surface area contributed by atoms with E-state index in [1.54, 1.807) is 0 Å². The summed E-state index contributed by atoms with van der Waals surface area (Å²) in [5.41, 5.74) is 16.5. The van der Waals surface area contributed by atoms with E-state index < -0.39 is 0 Å². The van der Waals surface area contributed by atoms with Crippen LogP contribution in [0, 0.1) is 29.6 Å². The lowest BCUT2D eigenvalue weighted by Gasteiger charge is -2.24. The molecule has 0 amide bonds.